The lowest BCUT2D eigenvalue weighted by Crippen LogP contribution is -2.44. The highest BCUT2D eigenvalue weighted by Crippen LogP contribution is 2.33. The van der Waals surface area contributed by atoms with Crippen LogP contribution >= 0.6 is 0 Å². The average Bonchev–Trinajstić information content (AvgIpc) is 2.74. The molecular formula is C24H27F3N4. The molecule has 7 heteroatoms. The average molecular weight is 429 g/mol. The lowest BCUT2D eigenvalue weighted by atomic mass is 10.0. The van der Waals surface area contributed by atoms with Crippen LogP contribution in [0.3, 0.4) is 0 Å². The molecule has 0 spiro atoms. The number of nitrogens with one attached hydrogen (secondary N) is 1. The molecule has 0 bridgehead atoms. The molecule has 31 heavy (non-hydrogen) atoms. The number of likely N-dealkylation sites (N-methyl/N-ethyl adjacent to an activating group) is 1. The number of rotatable bonds is 5. The highest BCUT2D eigenvalue weighted by molar-refractivity contribution is 5.94. The normalized spacial score (nSPS) is 16.2. The fraction of sp³-hybridized carbons (Fsp3) is 0.375. The number of pyridine rings is 1. The van der Waals surface area contributed by atoms with E-state index in [4.69, 9.17) is 0 Å². The van der Waals surface area contributed by atoms with Crippen molar-refractivity contribution >= 4 is 22.3 Å². The van der Waals surface area contributed by atoms with Crippen molar-refractivity contribution in [2.75, 3.05) is 43.4 Å². The number of hydrogen-bond donors (Lipinski definition) is 1. The van der Waals surface area contributed by atoms with Crippen LogP contribution in [0.5, 0.6) is 0 Å². The maximum absolute atomic E-state index is 14.7. The fourth-order valence-electron chi connectivity index (χ4n) is 4.11. The van der Waals surface area contributed by atoms with Crippen LogP contribution in [0.15, 0.2) is 42.5 Å². The van der Waals surface area contributed by atoms with Crippen molar-refractivity contribution in [2.45, 2.75) is 26.3 Å². The zero-order valence-corrected chi connectivity index (χ0v) is 18.0. The molecule has 2 aromatic carbocycles. The van der Waals surface area contributed by atoms with Gasteiger partial charge in [-0.05, 0) is 45.2 Å². The second-order valence-corrected chi connectivity index (χ2v) is 8.22. The Labute approximate surface area is 180 Å². The molecule has 0 amide bonds. The van der Waals surface area contributed by atoms with Crippen LogP contribution in [0.25, 0.3) is 10.9 Å². The second kappa shape index (κ2) is 8.75. The molecule has 1 aliphatic heterocycles. The van der Waals surface area contributed by atoms with Crippen molar-refractivity contribution in [3.05, 3.63) is 65.1 Å². The van der Waals surface area contributed by atoms with Crippen LogP contribution < -0.4 is 10.2 Å². The van der Waals surface area contributed by atoms with Gasteiger partial charge >= 0.3 is 0 Å². The molecule has 1 aliphatic rings. The first-order valence-electron chi connectivity index (χ1n) is 10.5. The van der Waals surface area contributed by atoms with E-state index in [1.807, 2.05) is 19.1 Å². The SMILES string of the molecule is Cc1cc(N[C@H](C)c2cccc(C(F)F)c2F)c2cc(N3CCN(C)CC3)ccc2n1. The smallest absolute Gasteiger partial charge is 0.266 e. The first kappa shape index (κ1) is 21.4. The van der Waals surface area contributed by atoms with E-state index in [0.717, 1.165) is 60.2 Å². The van der Waals surface area contributed by atoms with E-state index in [0.29, 0.717) is 0 Å². The van der Waals surface area contributed by atoms with Crippen LogP contribution in [0.4, 0.5) is 24.5 Å². The number of fused-ring (bicyclic) bond motifs is 1. The summed E-state index contributed by atoms with van der Waals surface area (Å²) in [6.07, 6.45) is -2.85. The van der Waals surface area contributed by atoms with Crippen LogP contribution in [-0.4, -0.2) is 43.1 Å². The zero-order valence-electron chi connectivity index (χ0n) is 18.0. The van der Waals surface area contributed by atoms with Gasteiger partial charge in [-0.15, -0.1) is 0 Å². The molecule has 0 aliphatic carbocycles. The van der Waals surface area contributed by atoms with Gasteiger partial charge < -0.3 is 15.1 Å². The highest BCUT2D eigenvalue weighted by Gasteiger charge is 2.20. The van der Waals surface area contributed by atoms with Crippen LogP contribution in [-0.2, 0) is 0 Å². The number of benzene rings is 2. The van der Waals surface area contributed by atoms with Gasteiger partial charge in [0.25, 0.3) is 6.43 Å². The summed E-state index contributed by atoms with van der Waals surface area (Å²) >= 11 is 0. The van der Waals surface area contributed by atoms with Gasteiger partial charge in [-0.3, -0.25) is 4.98 Å². The van der Waals surface area contributed by atoms with Crippen molar-refractivity contribution in [1.29, 1.82) is 0 Å². The van der Waals surface area contributed by atoms with E-state index < -0.39 is 23.8 Å². The van der Waals surface area contributed by atoms with Crippen molar-refractivity contribution < 1.29 is 13.2 Å². The number of alkyl halides is 2. The van der Waals surface area contributed by atoms with Gasteiger partial charge in [0.15, 0.2) is 0 Å². The highest BCUT2D eigenvalue weighted by atomic mass is 19.3. The maximum atomic E-state index is 14.7. The van der Waals surface area contributed by atoms with E-state index >= 15 is 0 Å². The van der Waals surface area contributed by atoms with Crippen LogP contribution in [0.2, 0.25) is 0 Å². The third-order valence-corrected chi connectivity index (χ3v) is 5.92. The summed E-state index contributed by atoms with van der Waals surface area (Å²) in [4.78, 5) is 9.28. The minimum absolute atomic E-state index is 0.218. The van der Waals surface area contributed by atoms with Gasteiger partial charge in [0, 0.05) is 54.2 Å². The van der Waals surface area contributed by atoms with Crippen molar-refractivity contribution in [3.63, 3.8) is 0 Å². The summed E-state index contributed by atoms with van der Waals surface area (Å²) in [5.41, 5.74) is 3.25. The molecule has 4 nitrogen and oxygen atoms in total. The first-order valence-corrected chi connectivity index (χ1v) is 10.5. The molecular weight excluding hydrogens is 401 g/mol. The van der Waals surface area contributed by atoms with Gasteiger partial charge in [0.2, 0.25) is 0 Å². The topological polar surface area (TPSA) is 31.4 Å². The lowest BCUT2D eigenvalue weighted by Gasteiger charge is -2.34. The van der Waals surface area contributed by atoms with Gasteiger partial charge in [0.05, 0.1) is 17.1 Å². The molecule has 1 fully saturated rings. The van der Waals surface area contributed by atoms with E-state index in [1.165, 1.54) is 6.07 Å². The molecule has 1 saturated heterocycles. The van der Waals surface area contributed by atoms with E-state index in [1.54, 1.807) is 13.0 Å². The van der Waals surface area contributed by atoms with Crippen molar-refractivity contribution in [3.8, 4) is 0 Å². The quantitative estimate of drug-likeness (QED) is 0.578. The Morgan fingerprint density at radius 1 is 1.00 bits per heavy atom. The second-order valence-electron chi connectivity index (χ2n) is 8.22. The summed E-state index contributed by atoms with van der Waals surface area (Å²) < 4.78 is 40.9. The minimum atomic E-state index is -2.85. The molecule has 1 aromatic heterocycles. The molecule has 4 rings (SSSR count). The lowest BCUT2D eigenvalue weighted by molar-refractivity contribution is 0.146. The van der Waals surface area contributed by atoms with E-state index in [-0.39, 0.29) is 5.56 Å². The predicted octanol–water partition coefficient (Wildman–Crippen LogP) is 5.54. The Morgan fingerprint density at radius 2 is 1.71 bits per heavy atom. The Bertz CT molecular complexity index is 1080. The molecule has 164 valence electrons. The number of aryl methyl sites for hydroxylation is 1. The maximum Gasteiger partial charge on any atom is 0.266 e. The minimum Gasteiger partial charge on any atom is -0.378 e. The summed E-state index contributed by atoms with van der Waals surface area (Å²) in [6, 6.07) is 11.8. The molecule has 3 aromatic rings. The first-order chi connectivity index (χ1) is 14.8. The number of halogens is 3. The van der Waals surface area contributed by atoms with Crippen molar-refractivity contribution in [1.82, 2.24) is 9.88 Å². The molecule has 1 N–H and O–H groups in total. The Morgan fingerprint density at radius 3 is 2.42 bits per heavy atom. The standard InChI is InChI=1S/C24H27F3N4/c1-15-13-22(29-16(2)18-5-4-6-19(23(18)25)24(26)27)20-14-17(7-8-21(20)28-15)31-11-9-30(3)10-12-31/h4-8,13-14,16,24H,9-12H2,1-3H3,(H,28,29)/t16-/m1/s1. The Kier molecular flexibility index (Phi) is 6.05. The molecule has 1 atom stereocenters. The van der Waals surface area contributed by atoms with Crippen LogP contribution in [0.1, 0.15) is 36.2 Å². The van der Waals surface area contributed by atoms with Crippen molar-refractivity contribution in [2.24, 2.45) is 0 Å². The summed E-state index contributed by atoms with van der Waals surface area (Å²) in [5, 5.41) is 4.26. The van der Waals surface area contributed by atoms with Gasteiger partial charge in [0.1, 0.15) is 5.82 Å². The van der Waals surface area contributed by atoms with Crippen LogP contribution in [0, 0.1) is 12.7 Å². The van der Waals surface area contributed by atoms with E-state index in [9.17, 15) is 13.2 Å². The zero-order chi connectivity index (χ0) is 22.1. The monoisotopic (exact) mass is 428 g/mol. The Hall–Kier alpha value is -2.80. The number of anilines is 2. The van der Waals surface area contributed by atoms with E-state index in [2.05, 4.69) is 39.3 Å². The number of nitrogens with zero attached hydrogens (tertiary/aromatic N) is 3. The number of hydrogen-bond acceptors (Lipinski definition) is 4. The summed E-state index contributed by atoms with van der Waals surface area (Å²) in [5.74, 6) is -0.856. The molecule has 2 heterocycles. The third-order valence-electron chi connectivity index (χ3n) is 5.92. The molecule has 0 saturated carbocycles. The van der Waals surface area contributed by atoms with Gasteiger partial charge in [-0.2, -0.15) is 0 Å². The molecule has 0 unspecified atom stereocenters. The fourth-order valence-corrected chi connectivity index (χ4v) is 4.11. The third kappa shape index (κ3) is 4.46. The number of piperazine rings is 1. The molecule has 0 radical (unpaired) electrons. The Balaban J connectivity index is 1.68. The van der Waals surface area contributed by atoms with Gasteiger partial charge in [-0.25, -0.2) is 13.2 Å². The number of aromatic nitrogens is 1. The van der Waals surface area contributed by atoms with Gasteiger partial charge in [-0.1, -0.05) is 18.2 Å². The largest absolute Gasteiger partial charge is 0.378 e. The summed E-state index contributed by atoms with van der Waals surface area (Å²) in [7, 11) is 2.12. The predicted molar refractivity (Wildman–Crippen MR) is 120 cm³/mol. The summed E-state index contributed by atoms with van der Waals surface area (Å²) in [6.45, 7) is 7.59.